The van der Waals surface area contributed by atoms with Gasteiger partial charge in [0.05, 0.1) is 6.54 Å². The minimum absolute atomic E-state index is 0.106. The molecule has 1 rings (SSSR count). The van der Waals surface area contributed by atoms with E-state index in [-0.39, 0.29) is 11.3 Å². The quantitative estimate of drug-likeness (QED) is 0.746. The molecule has 4 heteroatoms. The fraction of sp³-hybridized carbons (Fsp3) is 0.929. The lowest BCUT2D eigenvalue weighted by Gasteiger charge is -2.40. The van der Waals surface area contributed by atoms with Crippen LogP contribution in [0.3, 0.4) is 0 Å². The van der Waals surface area contributed by atoms with Gasteiger partial charge in [-0.25, -0.2) is 0 Å². The van der Waals surface area contributed by atoms with E-state index in [9.17, 15) is 4.79 Å². The summed E-state index contributed by atoms with van der Waals surface area (Å²) in [6.45, 7) is 10.9. The lowest BCUT2D eigenvalue weighted by molar-refractivity contribution is -0.120. The number of rotatable bonds is 6. The lowest BCUT2D eigenvalue weighted by Crippen LogP contribution is -2.46. The van der Waals surface area contributed by atoms with E-state index in [1.807, 2.05) is 6.92 Å². The fourth-order valence-electron chi connectivity index (χ4n) is 2.58. The largest absolute Gasteiger partial charge is 0.354 e. The van der Waals surface area contributed by atoms with Crippen LogP contribution in [0.2, 0.25) is 0 Å². The third-order valence-electron chi connectivity index (χ3n) is 4.01. The van der Waals surface area contributed by atoms with Gasteiger partial charge in [0, 0.05) is 13.1 Å². The highest BCUT2D eigenvalue weighted by molar-refractivity contribution is 5.77. The molecule has 0 aromatic rings. The Morgan fingerprint density at radius 3 is 2.78 bits per heavy atom. The molecule has 1 unspecified atom stereocenters. The van der Waals surface area contributed by atoms with Crippen molar-refractivity contribution >= 4 is 5.91 Å². The zero-order chi connectivity index (χ0) is 13.6. The molecule has 0 aromatic heterocycles. The summed E-state index contributed by atoms with van der Waals surface area (Å²) < 4.78 is 0. The molecule has 0 saturated carbocycles. The van der Waals surface area contributed by atoms with Crippen molar-refractivity contribution < 1.29 is 4.79 Å². The van der Waals surface area contributed by atoms with Crippen molar-refractivity contribution in [3.63, 3.8) is 0 Å². The van der Waals surface area contributed by atoms with Gasteiger partial charge in [-0.05, 0) is 44.3 Å². The molecule has 1 aliphatic heterocycles. The summed E-state index contributed by atoms with van der Waals surface area (Å²) in [5, 5.41) is 6.10. The summed E-state index contributed by atoms with van der Waals surface area (Å²) in [7, 11) is 2.19. The SMILES string of the molecule is CCNCC(=O)NCC(C)(C)C1CCCN(C)C1. The van der Waals surface area contributed by atoms with Crippen molar-refractivity contribution in [3.05, 3.63) is 0 Å². The second-order valence-electron chi connectivity index (χ2n) is 6.15. The molecule has 1 aliphatic rings. The van der Waals surface area contributed by atoms with Crippen molar-refractivity contribution in [3.8, 4) is 0 Å². The molecule has 1 fully saturated rings. The maximum atomic E-state index is 11.6. The summed E-state index contributed by atoms with van der Waals surface area (Å²) in [5.74, 6) is 0.782. The number of carbonyl (C=O) groups is 1. The molecule has 1 saturated heterocycles. The molecule has 2 N–H and O–H groups in total. The van der Waals surface area contributed by atoms with Gasteiger partial charge in [0.25, 0.3) is 0 Å². The van der Waals surface area contributed by atoms with E-state index in [1.54, 1.807) is 0 Å². The highest BCUT2D eigenvalue weighted by Gasteiger charge is 2.32. The van der Waals surface area contributed by atoms with Crippen LogP contribution in [0.25, 0.3) is 0 Å². The maximum Gasteiger partial charge on any atom is 0.233 e. The molecule has 0 radical (unpaired) electrons. The van der Waals surface area contributed by atoms with E-state index in [0.29, 0.717) is 12.5 Å². The van der Waals surface area contributed by atoms with Gasteiger partial charge >= 0.3 is 0 Å². The van der Waals surface area contributed by atoms with Crippen LogP contribution in [-0.4, -0.2) is 50.6 Å². The second-order valence-corrected chi connectivity index (χ2v) is 6.15. The minimum Gasteiger partial charge on any atom is -0.354 e. The number of amides is 1. The average Bonchev–Trinajstić information content (AvgIpc) is 2.34. The first kappa shape index (κ1) is 15.4. The number of nitrogens with zero attached hydrogens (tertiary/aromatic N) is 1. The maximum absolute atomic E-state index is 11.6. The number of hydrogen-bond donors (Lipinski definition) is 2. The van der Waals surface area contributed by atoms with Gasteiger partial charge in [-0.15, -0.1) is 0 Å². The van der Waals surface area contributed by atoms with Gasteiger partial charge in [0.1, 0.15) is 0 Å². The second kappa shape index (κ2) is 7.10. The lowest BCUT2D eigenvalue weighted by atomic mass is 9.74. The Labute approximate surface area is 111 Å². The number of nitrogens with one attached hydrogen (secondary N) is 2. The molecule has 4 nitrogen and oxygen atoms in total. The normalized spacial score (nSPS) is 21.9. The van der Waals surface area contributed by atoms with Gasteiger partial charge < -0.3 is 15.5 Å². The number of carbonyl (C=O) groups excluding carboxylic acids is 1. The van der Waals surface area contributed by atoms with Crippen LogP contribution in [0.5, 0.6) is 0 Å². The molecule has 106 valence electrons. The van der Waals surface area contributed by atoms with Crippen LogP contribution < -0.4 is 10.6 Å². The Morgan fingerprint density at radius 2 is 2.17 bits per heavy atom. The summed E-state index contributed by atoms with van der Waals surface area (Å²) in [4.78, 5) is 14.0. The first-order chi connectivity index (χ1) is 8.45. The number of hydrogen-bond acceptors (Lipinski definition) is 3. The Balaban J connectivity index is 2.36. The van der Waals surface area contributed by atoms with Crippen LogP contribution in [0, 0.1) is 11.3 Å². The number of likely N-dealkylation sites (N-methyl/N-ethyl adjacent to an activating group) is 1. The van der Waals surface area contributed by atoms with Crippen LogP contribution in [0.15, 0.2) is 0 Å². The molecule has 1 atom stereocenters. The van der Waals surface area contributed by atoms with E-state index < -0.39 is 0 Å². The van der Waals surface area contributed by atoms with E-state index in [0.717, 1.165) is 19.6 Å². The standard InChI is InChI=1S/C14H29N3O/c1-5-15-9-13(18)16-11-14(2,3)12-7-6-8-17(4)10-12/h12,15H,5-11H2,1-4H3,(H,16,18). The fourth-order valence-corrected chi connectivity index (χ4v) is 2.58. The third kappa shape index (κ3) is 4.94. The molecule has 1 amide bonds. The Bertz CT molecular complexity index is 266. The van der Waals surface area contributed by atoms with E-state index >= 15 is 0 Å². The monoisotopic (exact) mass is 255 g/mol. The van der Waals surface area contributed by atoms with Crippen molar-refractivity contribution in [1.82, 2.24) is 15.5 Å². The molecular formula is C14H29N3O. The van der Waals surface area contributed by atoms with Gasteiger partial charge in [0.15, 0.2) is 0 Å². The predicted molar refractivity (Wildman–Crippen MR) is 75.6 cm³/mol. The molecule has 0 aliphatic carbocycles. The molecular weight excluding hydrogens is 226 g/mol. The van der Waals surface area contributed by atoms with Crippen molar-refractivity contribution in [1.29, 1.82) is 0 Å². The highest BCUT2D eigenvalue weighted by atomic mass is 16.1. The number of piperidine rings is 1. The van der Waals surface area contributed by atoms with E-state index in [2.05, 4.69) is 36.4 Å². The van der Waals surface area contributed by atoms with E-state index in [4.69, 9.17) is 0 Å². The molecule has 18 heavy (non-hydrogen) atoms. The topological polar surface area (TPSA) is 44.4 Å². The number of likely N-dealkylation sites (tertiary alicyclic amines) is 1. The van der Waals surface area contributed by atoms with Gasteiger partial charge in [-0.2, -0.15) is 0 Å². The molecule has 0 bridgehead atoms. The Hall–Kier alpha value is -0.610. The molecule has 1 heterocycles. The van der Waals surface area contributed by atoms with Gasteiger partial charge in [0.2, 0.25) is 5.91 Å². The first-order valence-electron chi connectivity index (χ1n) is 7.11. The summed E-state index contributed by atoms with van der Waals surface area (Å²) in [6, 6.07) is 0. The zero-order valence-electron chi connectivity index (χ0n) is 12.4. The zero-order valence-corrected chi connectivity index (χ0v) is 12.4. The van der Waals surface area contributed by atoms with Gasteiger partial charge in [-0.1, -0.05) is 20.8 Å². The smallest absolute Gasteiger partial charge is 0.233 e. The van der Waals surface area contributed by atoms with Crippen molar-refractivity contribution in [2.45, 2.75) is 33.6 Å². The van der Waals surface area contributed by atoms with Crippen LogP contribution in [0.4, 0.5) is 0 Å². The Morgan fingerprint density at radius 1 is 1.44 bits per heavy atom. The van der Waals surface area contributed by atoms with Crippen LogP contribution in [-0.2, 0) is 4.79 Å². The van der Waals surface area contributed by atoms with E-state index in [1.165, 1.54) is 19.4 Å². The predicted octanol–water partition coefficient (Wildman–Crippen LogP) is 1.08. The summed E-state index contributed by atoms with van der Waals surface area (Å²) in [5.41, 5.74) is 0.177. The summed E-state index contributed by atoms with van der Waals surface area (Å²) in [6.07, 6.45) is 2.55. The van der Waals surface area contributed by atoms with Gasteiger partial charge in [-0.3, -0.25) is 4.79 Å². The van der Waals surface area contributed by atoms with Crippen LogP contribution in [0.1, 0.15) is 33.6 Å². The highest BCUT2D eigenvalue weighted by Crippen LogP contribution is 2.32. The molecule has 0 spiro atoms. The average molecular weight is 255 g/mol. The minimum atomic E-state index is 0.106. The van der Waals surface area contributed by atoms with Crippen molar-refractivity contribution in [2.75, 3.05) is 39.8 Å². The van der Waals surface area contributed by atoms with Crippen molar-refractivity contribution in [2.24, 2.45) is 11.3 Å². The third-order valence-corrected chi connectivity index (χ3v) is 4.01. The van der Waals surface area contributed by atoms with Crippen LogP contribution >= 0.6 is 0 Å². The molecule has 0 aromatic carbocycles. The summed E-state index contributed by atoms with van der Waals surface area (Å²) >= 11 is 0. The first-order valence-corrected chi connectivity index (χ1v) is 7.11. The Kier molecular flexibility index (Phi) is 6.09.